The second kappa shape index (κ2) is 3.99. The number of piperidine rings is 2. The summed E-state index contributed by atoms with van der Waals surface area (Å²) in [5.41, 5.74) is -2.74. The van der Waals surface area contributed by atoms with Crippen molar-refractivity contribution in [1.82, 2.24) is 4.90 Å². The Morgan fingerprint density at radius 3 is 2.18 bits per heavy atom. The van der Waals surface area contributed by atoms with Crippen LogP contribution in [0.1, 0.15) is 32.1 Å². The highest BCUT2D eigenvalue weighted by molar-refractivity contribution is 5.21. The summed E-state index contributed by atoms with van der Waals surface area (Å²) in [6.45, 7) is 3.08. The van der Waals surface area contributed by atoms with Gasteiger partial charge in [0.1, 0.15) is 0 Å². The minimum Gasteiger partial charge on any atom is -0.385 e. The summed E-state index contributed by atoms with van der Waals surface area (Å²) < 4.78 is 38.0. The maximum absolute atomic E-state index is 12.7. The second-order valence-corrected chi connectivity index (χ2v) is 5.32. The monoisotopic (exact) mass is 249 g/mol. The van der Waals surface area contributed by atoms with Crippen LogP contribution in [-0.4, -0.2) is 40.9 Å². The average molecular weight is 249 g/mol. The molecule has 0 aromatic rings. The lowest BCUT2D eigenvalue weighted by atomic mass is 9.72. The average Bonchev–Trinajstić information content (AvgIpc) is 2.18. The van der Waals surface area contributed by atoms with Gasteiger partial charge in [-0.2, -0.15) is 13.2 Å². The third kappa shape index (κ3) is 2.22. The molecule has 2 heterocycles. The van der Waals surface area contributed by atoms with Gasteiger partial charge in [-0.15, -0.1) is 0 Å². The van der Waals surface area contributed by atoms with Crippen LogP contribution in [0, 0.1) is 0 Å². The number of aliphatic hydroxyl groups is 1. The van der Waals surface area contributed by atoms with Crippen molar-refractivity contribution in [2.75, 3.05) is 7.05 Å². The second-order valence-electron chi connectivity index (χ2n) is 5.32. The third-order valence-corrected chi connectivity index (χ3v) is 4.28. The van der Waals surface area contributed by atoms with Crippen LogP contribution in [0.5, 0.6) is 0 Å². The molecule has 0 aliphatic carbocycles. The van der Waals surface area contributed by atoms with Crippen LogP contribution >= 0.6 is 0 Å². The zero-order valence-corrected chi connectivity index (χ0v) is 9.93. The summed E-state index contributed by atoms with van der Waals surface area (Å²) in [4.78, 5) is 2.11. The molecule has 2 rings (SSSR count). The number of fused-ring (bicyclic) bond motifs is 2. The van der Waals surface area contributed by atoms with Gasteiger partial charge in [0.25, 0.3) is 0 Å². The van der Waals surface area contributed by atoms with Gasteiger partial charge in [0, 0.05) is 12.1 Å². The highest BCUT2D eigenvalue weighted by Gasteiger charge is 2.52. The lowest BCUT2D eigenvalue weighted by Crippen LogP contribution is -2.58. The van der Waals surface area contributed by atoms with E-state index in [1.165, 1.54) is 0 Å². The van der Waals surface area contributed by atoms with E-state index < -0.39 is 17.4 Å². The SMILES string of the molecule is C=C(C(F)(F)F)C1(O)CC2CCCC(C1)N2C. The highest BCUT2D eigenvalue weighted by Crippen LogP contribution is 2.45. The summed E-state index contributed by atoms with van der Waals surface area (Å²) in [5.74, 6) is 0. The van der Waals surface area contributed by atoms with Gasteiger partial charge in [0.05, 0.1) is 11.2 Å². The molecule has 0 amide bonds. The van der Waals surface area contributed by atoms with Gasteiger partial charge < -0.3 is 10.0 Å². The molecule has 2 bridgehead atoms. The molecule has 2 saturated heterocycles. The van der Waals surface area contributed by atoms with E-state index in [4.69, 9.17) is 0 Å². The molecule has 5 heteroatoms. The van der Waals surface area contributed by atoms with Crippen LogP contribution in [0.3, 0.4) is 0 Å². The Labute approximate surface area is 99.1 Å². The Morgan fingerprint density at radius 1 is 1.29 bits per heavy atom. The first-order chi connectivity index (χ1) is 7.74. The topological polar surface area (TPSA) is 23.5 Å². The van der Waals surface area contributed by atoms with E-state index in [1.807, 2.05) is 7.05 Å². The Balaban J connectivity index is 2.21. The molecule has 0 saturated carbocycles. The molecule has 0 spiro atoms. The van der Waals surface area contributed by atoms with E-state index in [9.17, 15) is 18.3 Å². The lowest BCUT2D eigenvalue weighted by Gasteiger charge is -2.51. The van der Waals surface area contributed by atoms with Crippen molar-refractivity contribution < 1.29 is 18.3 Å². The molecule has 2 aliphatic rings. The van der Waals surface area contributed by atoms with Gasteiger partial charge in [0.15, 0.2) is 0 Å². The predicted molar refractivity (Wildman–Crippen MR) is 58.6 cm³/mol. The molecule has 2 atom stereocenters. The number of hydrogen-bond donors (Lipinski definition) is 1. The molecule has 2 aliphatic heterocycles. The van der Waals surface area contributed by atoms with E-state index in [-0.39, 0.29) is 24.9 Å². The van der Waals surface area contributed by atoms with E-state index >= 15 is 0 Å². The molecule has 2 unspecified atom stereocenters. The van der Waals surface area contributed by atoms with Crippen molar-refractivity contribution in [2.24, 2.45) is 0 Å². The van der Waals surface area contributed by atoms with Gasteiger partial charge in [-0.05, 0) is 32.7 Å². The normalized spacial score (nSPS) is 39.1. The number of halogens is 3. The van der Waals surface area contributed by atoms with E-state index in [1.54, 1.807) is 0 Å². The molecular weight excluding hydrogens is 231 g/mol. The van der Waals surface area contributed by atoms with E-state index in [0.29, 0.717) is 0 Å². The Kier molecular flexibility index (Phi) is 3.02. The summed E-state index contributed by atoms with van der Waals surface area (Å²) >= 11 is 0. The van der Waals surface area contributed by atoms with Crippen LogP contribution in [-0.2, 0) is 0 Å². The van der Waals surface area contributed by atoms with Crippen LogP contribution in [0.2, 0.25) is 0 Å². The number of alkyl halides is 3. The summed E-state index contributed by atoms with van der Waals surface area (Å²) in [7, 11) is 1.93. The zero-order chi connectivity index (χ0) is 12.8. The molecular formula is C12H18F3NO. The molecule has 0 aromatic carbocycles. The standard InChI is InChI=1S/C12H18F3NO/c1-8(12(13,14)15)11(17)6-9-4-3-5-10(7-11)16(9)2/h9-10,17H,1,3-7H2,2H3. The molecule has 0 aromatic heterocycles. The summed E-state index contributed by atoms with van der Waals surface area (Å²) in [6, 6.07) is 0.0956. The van der Waals surface area contributed by atoms with Crippen molar-refractivity contribution in [1.29, 1.82) is 0 Å². The predicted octanol–water partition coefficient (Wildman–Crippen LogP) is 2.48. The first kappa shape index (κ1) is 12.9. The quantitative estimate of drug-likeness (QED) is 0.722. The van der Waals surface area contributed by atoms with Crippen LogP contribution in [0.4, 0.5) is 13.2 Å². The van der Waals surface area contributed by atoms with Gasteiger partial charge in [-0.25, -0.2) is 0 Å². The minimum atomic E-state index is -4.50. The molecule has 17 heavy (non-hydrogen) atoms. The number of rotatable bonds is 1. The fraction of sp³-hybridized carbons (Fsp3) is 0.833. The Morgan fingerprint density at radius 2 is 1.76 bits per heavy atom. The van der Waals surface area contributed by atoms with Crippen molar-refractivity contribution in [2.45, 2.75) is 56.0 Å². The van der Waals surface area contributed by atoms with Crippen LogP contribution in [0.25, 0.3) is 0 Å². The minimum absolute atomic E-state index is 0.0478. The third-order valence-electron chi connectivity index (χ3n) is 4.28. The van der Waals surface area contributed by atoms with Gasteiger partial charge >= 0.3 is 6.18 Å². The van der Waals surface area contributed by atoms with Crippen molar-refractivity contribution in [3.63, 3.8) is 0 Å². The van der Waals surface area contributed by atoms with Gasteiger partial charge in [-0.3, -0.25) is 0 Å². The first-order valence-electron chi connectivity index (χ1n) is 5.95. The maximum atomic E-state index is 12.7. The van der Waals surface area contributed by atoms with Crippen molar-refractivity contribution in [3.8, 4) is 0 Å². The fourth-order valence-corrected chi connectivity index (χ4v) is 3.16. The summed E-state index contributed by atoms with van der Waals surface area (Å²) in [6.07, 6.45) is -1.44. The highest BCUT2D eigenvalue weighted by atomic mass is 19.4. The zero-order valence-electron chi connectivity index (χ0n) is 9.93. The maximum Gasteiger partial charge on any atom is 0.414 e. The smallest absolute Gasteiger partial charge is 0.385 e. The Hall–Kier alpha value is -0.550. The van der Waals surface area contributed by atoms with Crippen LogP contribution < -0.4 is 0 Å². The van der Waals surface area contributed by atoms with E-state index in [0.717, 1.165) is 19.3 Å². The van der Waals surface area contributed by atoms with Gasteiger partial charge in [-0.1, -0.05) is 13.0 Å². The molecule has 2 fully saturated rings. The molecule has 98 valence electrons. The number of hydrogen-bond acceptors (Lipinski definition) is 2. The van der Waals surface area contributed by atoms with Crippen LogP contribution in [0.15, 0.2) is 12.2 Å². The van der Waals surface area contributed by atoms with Crippen molar-refractivity contribution in [3.05, 3.63) is 12.2 Å². The van der Waals surface area contributed by atoms with Crippen molar-refractivity contribution >= 4 is 0 Å². The summed E-state index contributed by atoms with van der Waals surface area (Å²) in [5, 5.41) is 10.3. The first-order valence-corrected chi connectivity index (χ1v) is 5.95. The number of nitrogens with zero attached hydrogens (tertiary/aromatic N) is 1. The fourth-order valence-electron chi connectivity index (χ4n) is 3.16. The van der Waals surface area contributed by atoms with E-state index in [2.05, 4.69) is 11.5 Å². The lowest BCUT2D eigenvalue weighted by molar-refractivity contribution is -0.141. The molecule has 0 radical (unpaired) electrons. The molecule has 2 nitrogen and oxygen atoms in total. The Bertz CT molecular complexity index is 312. The molecule has 1 N–H and O–H groups in total. The largest absolute Gasteiger partial charge is 0.414 e. The van der Waals surface area contributed by atoms with Gasteiger partial charge in [0.2, 0.25) is 0 Å².